The van der Waals surface area contributed by atoms with Crippen LogP contribution in [-0.4, -0.2) is 11.0 Å². The predicted octanol–water partition coefficient (Wildman–Crippen LogP) is 3.40. The summed E-state index contributed by atoms with van der Waals surface area (Å²) in [6, 6.07) is 6.44. The molecule has 0 bridgehead atoms. The van der Waals surface area contributed by atoms with E-state index in [0.717, 1.165) is 18.2 Å². The smallest absolute Gasteiger partial charge is 0.129 e. The minimum absolute atomic E-state index is 0.580. The molecule has 2 rings (SSSR count). The van der Waals surface area contributed by atoms with Gasteiger partial charge < -0.3 is 5.32 Å². The van der Waals surface area contributed by atoms with Gasteiger partial charge in [-0.1, -0.05) is 37.4 Å². The van der Waals surface area contributed by atoms with Crippen molar-refractivity contribution in [2.45, 2.75) is 45.2 Å². The number of pyridine rings is 1. The van der Waals surface area contributed by atoms with Crippen molar-refractivity contribution in [2.24, 2.45) is 5.92 Å². The fourth-order valence-electron chi connectivity index (χ4n) is 2.40. The maximum Gasteiger partial charge on any atom is 0.129 e. The van der Waals surface area contributed by atoms with Crippen molar-refractivity contribution in [3.8, 4) is 0 Å². The molecule has 1 heterocycles. The fraction of sp³-hybridized carbons (Fsp3) is 0.615. The third kappa shape index (κ3) is 3.19. The SMILES string of the molecule is C[C@H]1CCCC[C@H]1NCc1cccc(Cl)n1. The Hall–Kier alpha value is -0.600. The lowest BCUT2D eigenvalue weighted by molar-refractivity contribution is 0.278. The van der Waals surface area contributed by atoms with Gasteiger partial charge in [0.15, 0.2) is 0 Å². The van der Waals surface area contributed by atoms with Gasteiger partial charge in [0, 0.05) is 12.6 Å². The van der Waals surface area contributed by atoms with E-state index in [9.17, 15) is 0 Å². The summed E-state index contributed by atoms with van der Waals surface area (Å²) in [6.07, 6.45) is 5.38. The Bertz CT molecular complexity index is 340. The Labute approximate surface area is 102 Å². The molecule has 88 valence electrons. The highest BCUT2D eigenvalue weighted by Crippen LogP contribution is 2.23. The van der Waals surface area contributed by atoms with Crippen LogP contribution < -0.4 is 5.32 Å². The normalized spacial score (nSPS) is 25.6. The summed E-state index contributed by atoms with van der Waals surface area (Å²) in [5, 5.41) is 4.17. The number of nitrogens with zero attached hydrogens (tertiary/aromatic N) is 1. The maximum atomic E-state index is 5.86. The summed E-state index contributed by atoms with van der Waals surface area (Å²) in [4.78, 5) is 4.29. The van der Waals surface area contributed by atoms with Crippen molar-refractivity contribution in [2.75, 3.05) is 0 Å². The first-order chi connectivity index (χ1) is 7.75. The Morgan fingerprint density at radius 1 is 1.38 bits per heavy atom. The van der Waals surface area contributed by atoms with Gasteiger partial charge in [0.05, 0.1) is 5.69 Å². The summed E-state index contributed by atoms with van der Waals surface area (Å²) in [7, 11) is 0. The number of aromatic nitrogens is 1. The molecular weight excluding hydrogens is 220 g/mol. The molecule has 16 heavy (non-hydrogen) atoms. The molecule has 0 radical (unpaired) electrons. The van der Waals surface area contributed by atoms with Crippen molar-refractivity contribution >= 4 is 11.6 Å². The van der Waals surface area contributed by atoms with E-state index in [1.807, 2.05) is 18.2 Å². The van der Waals surface area contributed by atoms with Crippen LogP contribution in [0.1, 0.15) is 38.3 Å². The van der Waals surface area contributed by atoms with E-state index in [2.05, 4.69) is 17.2 Å². The molecule has 1 aromatic heterocycles. The first-order valence-electron chi connectivity index (χ1n) is 6.10. The van der Waals surface area contributed by atoms with Gasteiger partial charge in [-0.05, 0) is 30.9 Å². The van der Waals surface area contributed by atoms with E-state index in [1.165, 1.54) is 25.7 Å². The molecule has 0 aliphatic heterocycles. The van der Waals surface area contributed by atoms with E-state index in [4.69, 9.17) is 11.6 Å². The van der Waals surface area contributed by atoms with E-state index in [0.29, 0.717) is 11.2 Å². The van der Waals surface area contributed by atoms with Gasteiger partial charge in [0.2, 0.25) is 0 Å². The largest absolute Gasteiger partial charge is 0.308 e. The second-order valence-corrected chi connectivity index (χ2v) is 5.09. The highest BCUT2D eigenvalue weighted by molar-refractivity contribution is 6.29. The van der Waals surface area contributed by atoms with Crippen molar-refractivity contribution in [3.63, 3.8) is 0 Å². The van der Waals surface area contributed by atoms with Crippen LogP contribution in [0.3, 0.4) is 0 Å². The summed E-state index contributed by atoms with van der Waals surface area (Å²) in [5.41, 5.74) is 1.03. The molecular formula is C13H19ClN2. The number of rotatable bonds is 3. The first-order valence-corrected chi connectivity index (χ1v) is 6.48. The molecule has 2 atom stereocenters. The molecule has 1 fully saturated rings. The van der Waals surface area contributed by atoms with E-state index < -0.39 is 0 Å². The second-order valence-electron chi connectivity index (χ2n) is 4.70. The fourth-order valence-corrected chi connectivity index (χ4v) is 2.59. The van der Waals surface area contributed by atoms with E-state index >= 15 is 0 Å². The van der Waals surface area contributed by atoms with Crippen LogP contribution in [0.5, 0.6) is 0 Å². The minimum Gasteiger partial charge on any atom is -0.308 e. The Morgan fingerprint density at radius 2 is 2.19 bits per heavy atom. The third-order valence-electron chi connectivity index (χ3n) is 3.43. The predicted molar refractivity (Wildman–Crippen MR) is 67.5 cm³/mol. The number of halogens is 1. The summed E-state index contributed by atoms with van der Waals surface area (Å²) >= 11 is 5.86. The van der Waals surface area contributed by atoms with Gasteiger partial charge in [-0.25, -0.2) is 4.98 Å². The average molecular weight is 239 g/mol. The van der Waals surface area contributed by atoms with Gasteiger partial charge in [0.25, 0.3) is 0 Å². The highest BCUT2D eigenvalue weighted by atomic mass is 35.5. The van der Waals surface area contributed by atoms with Crippen LogP contribution in [0.15, 0.2) is 18.2 Å². The lowest BCUT2D eigenvalue weighted by Crippen LogP contribution is -2.36. The molecule has 1 aromatic rings. The minimum atomic E-state index is 0.580. The standard InChI is InChI=1S/C13H19ClN2/c1-10-5-2-3-7-12(10)15-9-11-6-4-8-13(14)16-11/h4,6,8,10,12,15H,2-3,5,7,9H2,1H3/t10-,12+/m0/s1. The lowest BCUT2D eigenvalue weighted by Gasteiger charge is -2.29. The van der Waals surface area contributed by atoms with Crippen LogP contribution in [0, 0.1) is 5.92 Å². The van der Waals surface area contributed by atoms with Crippen LogP contribution in [0.2, 0.25) is 5.15 Å². The average Bonchev–Trinajstić information content (AvgIpc) is 2.28. The quantitative estimate of drug-likeness (QED) is 0.817. The van der Waals surface area contributed by atoms with Crippen molar-refractivity contribution in [1.82, 2.24) is 10.3 Å². The Kier molecular flexibility index (Phi) is 4.19. The zero-order chi connectivity index (χ0) is 11.4. The van der Waals surface area contributed by atoms with Crippen molar-refractivity contribution < 1.29 is 0 Å². The number of hydrogen-bond acceptors (Lipinski definition) is 2. The first kappa shape index (κ1) is 11.9. The molecule has 0 amide bonds. The monoisotopic (exact) mass is 238 g/mol. The van der Waals surface area contributed by atoms with Crippen LogP contribution in [-0.2, 0) is 6.54 Å². The Balaban J connectivity index is 1.86. The van der Waals surface area contributed by atoms with Crippen molar-refractivity contribution in [1.29, 1.82) is 0 Å². The Morgan fingerprint density at radius 3 is 2.94 bits per heavy atom. The summed E-state index contributed by atoms with van der Waals surface area (Å²) in [6.45, 7) is 3.16. The van der Waals surface area contributed by atoms with E-state index in [-0.39, 0.29) is 0 Å². The molecule has 3 heteroatoms. The molecule has 1 saturated carbocycles. The zero-order valence-electron chi connectivity index (χ0n) is 9.75. The van der Waals surface area contributed by atoms with Crippen LogP contribution in [0.25, 0.3) is 0 Å². The van der Waals surface area contributed by atoms with Gasteiger partial charge in [0.1, 0.15) is 5.15 Å². The molecule has 0 unspecified atom stereocenters. The molecule has 1 aliphatic rings. The number of nitrogens with one attached hydrogen (secondary N) is 1. The molecule has 0 spiro atoms. The molecule has 1 N–H and O–H groups in total. The summed E-state index contributed by atoms with van der Waals surface area (Å²) in [5.74, 6) is 0.785. The topological polar surface area (TPSA) is 24.9 Å². The zero-order valence-corrected chi connectivity index (χ0v) is 10.5. The third-order valence-corrected chi connectivity index (χ3v) is 3.64. The van der Waals surface area contributed by atoms with Gasteiger partial charge in [-0.3, -0.25) is 0 Å². The van der Waals surface area contributed by atoms with Gasteiger partial charge in [-0.2, -0.15) is 0 Å². The lowest BCUT2D eigenvalue weighted by atomic mass is 9.86. The molecule has 1 aliphatic carbocycles. The molecule has 0 aromatic carbocycles. The highest BCUT2D eigenvalue weighted by Gasteiger charge is 2.20. The van der Waals surface area contributed by atoms with Crippen molar-refractivity contribution in [3.05, 3.63) is 29.0 Å². The van der Waals surface area contributed by atoms with Gasteiger partial charge >= 0.3 is 0 Å². The second kappa shape index (κ2) is 5.65. The van der Waals surface area contributed by atoms with Crippen LogP contribution >= 0.6 is 11.6 Å². The van der Waals surface area contributed by atoms with Gasteiger partial charge in [-0.15, -0.1) is 0 Å². The summed E-state index contributed by atoms with van der Waals surface area (Å²) < 4.78 is 0. The number of hydrogen-bond donors (Lipinski definition) is 1. The molecule has 0 saturated heterocycles. The van der Waals surface area contributed by atoms with Crippen LogP contribution in [0.4, 0.5) is 0 Å². The molecule has 2 nitrogen and oxygen atoms in total. The maximum absolute atomic E-state index is 5.86. The van der Waals surface area contributed by atoms with E-state index in [1.54, 1.807) is 0 Å².